The molecule has 1 amide bonds. The van der Waals surface area contributed by atoms with Crippen LogP contribution in [0.2, 0.25) is 0 Å². The molecule has 0 heterocycles. The van der Waals surface area contributed by atoms with Gasteiger partial charge in [-0.05, 0) is 33.1 Å². The molecule has 1 atom stereocenters. The quantitative estimate of drug-likeness (QED) is 0.779. The monoisotopic (exact) mass is 245 g/mol. The maximum atomic E-state index is 11.5. The minimum atomic E-state index is -0.860. The summed E-state index contributed by atoms with van der Waals surface area (Å²) in [6.45, 7) is 9.23. The molecule has 5 nitrogen and oxygen atoms in total. The second-order valence-electron chi connectivity index (χ2n) is 5.43. The molecular formula is C12H23NO4. The number of aliphatic carboxylic acids is 1. The van der Waals surface area contributed by atoms with Crippen molar-refractivity contribution in [2.45, 2.75) is 59.1 Å². The maximum Gasteiger partial charge on any atom is 0.407 e. The molecule has 0 aliphatic carbocycles. The van der Waals surface area contributed by atoms with E-state index in [-0.39, 0.29) is 18.4 Å². The van der Waals surface area contributed by atoms with Crippen LogP contribution in [0, 0.1) is 5.92 Å². The fraction of sp³-hybridized carbons (Fsp3) is 0.833. The van der Waals surface area contributed by atoms with E-state index >= 15 is 0 Å². The van der Waals surface area contributed by atoms with Crippen molar-refractivity contribution in [3.8, 4) is 0 Å². The van der Waals surface area contributed by atoms with Gasteiger partial charge in [-0.15, -0.1) is 0 Å². The van der Waals surface area contributed by atoms with Crippen LogP contribution in [-0.2, 0) is 9.53 Å². The van der Waals surface area contributed by atoms with E-state index in [2.05, 4.69) is 5.32 Å². The normalized spacial score (nSPS) is 13.3. The number of ether oxygens (including phenoxy) is 1. The van der Waals surface area contributed by atoms with Crippen LogP contribution in [-0.4, -0.2) is 28.8 Å². The van der Waals surface area contributed by atoms with Gasteiger partial charge in [-0.25, -0.2) is 4.79 Å². The van der Waals surface area contributed by atoms with Crippen molar-refractivity contribution in [3.63, 3.8) is 0 Å². The molecule has 2 N–H and O–H groups in total. The molecule has 0 radical (unpaired) electrons. The minimum absolute atomic E-state index is 0.0403. The van der Waals surface area contributed by atoms with Gasteiger partial charge in [0.05, 0.1) is 0 Å². The zero-order valence-electron chi connectivity index (χ0n) is 11.2. The average molecular weight is 245 g/mol. The predicted molar refractivity (Wildman–Crippen MR) is 64.9 cm³/mol. The van der Waals surface area contributed by atoms with Crippen molar-refractivity contribution in [1.82, 2.24) is 5.32 Å². The van der Waals surface area contributed by atoms with Gasteiger partial charge in [-0.2, -0.15) is 0 Å². The van der Waals surface area contributed by atoms with Crippen molar-refractivity contribution in [1.29, 1.82) is 0 Å². The first-order chi connectivity index (χ1) is 7.61. The van der Waals surface area contributed by atoms with Crippen LogP contribution < -0.4 is 5.32 Å². The Labute approximate surface area is 103 Å². The van der Waals surface area contributed by atoms with Gasteiger partial charge in [0, 0.05) is 12.5 Å². The maximum absolute atomic E-state index is 11.5. The lowest BCUT2D eigenvalue weighted by molar-refractivity contribution is -0.137. The number of rotatable bonds is 5. The van der Waals surface area contributed by atoms with Gasteiger partial charge in [-0.1, -0.05) is 13.8 Å². The number of carboxylic acid groups (broad SMARTS) is 1. The van der Waals surface area contributed by atoms with Gasteiger partial charge in [0.1, 0.15) is 5.60 Å². The first-order valence-corrected chi connectivity index (χ1v) is 5.83. The summed E-state index contributed by atoms with van der Waals surface area (Å²) in [5.41, 5.74) is -0.543. The van der Waals surface area contributed by atoms with Crippen LogP contribution >= 0.6 is 0 Å². The highest BCUT2D eigenvalue weighted by Crippen LogP contribution is 2.11. The Morgan fingerprint density at radius 3 is 2.18 bits per heavy atom. The first kappa shape index (κ1) is 15.7. The molecule has 0 saturated heterocycles. The van der Waals surface area contributed by atoms with E-state index < -0.39 is 17.7 Å². The largest absolute Gasteiger partial charge is 0.481 e. The fourth-order valence-corrected chi connectivity index (χ4v) is 1.31. The van der Waals surface area contributed by atoms with Crippen LogP contribution in [0.3, 0.4) is 0 Å². The van der Waals surface area contributed by atoms with Crippen molar-refractivity contribution in [3.05, 3.63) is 0 Å². The zero-order valence-corrected chi connectivity index (χ0v) is 11.2. The van der Waals surface area contributed by atoms with Gasteiger partial charge >= 0.3 is 12.1 Å². The Bertz CT molecular complexity index is 268. The molecule has 0 aliphatic heterocycles. The second-order valence-corrected chi connectivity index (χ2v) is 5.43. The summed E-state index contributed by atoms with van der Waals surface area (Å²) >= 11 is 0. The van der Waals surface area contributed by atoms with E-state index in [4.69, 9.17) is 9.84 Å². The number of alkyl carbamates (subject to hydrolysis) is 1. The van der Waals surface area contributed by atoms with Gasteiger partial charge in [0.15, 0.2) is 0 Å². The Morgan fingerprint density at radius 1 is 1.29 bits per heavy atom. The zero-order chi connectivity index (χ0) is 13.6. The molecule has 0 unspecified atom stereocenters. The molecule has 0 saturated carbocycles. The van der Waals surface area contributed by atoms with E-state index in [1.54, 1.807) is 20.8 Å². The van der Waals surface area contributed by atoms with E-state index in [0.717, 1.165) is 0 Å². The number of nitrogens with one attached hydrogen (secondary N) is 1. The number of amides is 1. The van der Waals surface area contributed by atoms with Gasteiger partial charge in [0.25, 0.3) is 0 Å². The Hall–Kier alpha value is -1.26. The lowest BCUT2D eigenvalue weighted by atomic mass is 9.99. The number of carboxylic acids is 1. The van der Waals surface area contributed by atoms with Crippen LogP contribution in [0.5, 0.6) is 0 Å². The number of hydrogen-bond donors (Lipinski definition) is 2. The standard InChI is InChI=1S/C12H23NO4/c1-8(2)9(6-7-10(14)15)13-11(16)17-12(3,4)5/h8-9H,6-7H2,1-5H3,(H,13,16)(H,14,15)/t9-/m1/s1. The van der Waals surface area contributed by atoms with Crippen LogP contribution in [0.1, 0.15) is 47.5 Å². The highest BCUT2D eigenvalue weighted by molar-refractivity contribution is 5.69. The highest BCUT2D eigenvalue weighted by atomic mass is 16.6. The Balaban J connectivity index is 4.25. The third-order valence-electron chi connectivity index (χ3n) is 2.18. The summed E-state index contributed by atoms with van der Waals surface area (Å²) in [6.07, 6.45) is -0.0492. The molecular weight excluding hydrogens is 222 g/mol. The Morgan fingerprint density at radius 2 is 1.82 bits per heavy atom. The van der Waals surface area contributed by atoms with E-state index in [9.17, 15) is 9.59 Å². The number of carbonyl (C=O) groups excluding carboxylic acids is 1. The molecule has 0 spiro atoms. The van der Waals surface area contributed by atoms with Crippen LogP contribution in [0.15, 0.2) is 0 Å². The topological polar surface area (TPSA) is 75.6 Å². The lowest BCUT2D eigenvalue weighted by Gasteiger charge is -2.25. The van der Waals surface area contributed by atoms with Crippen molar-refractivity contribution in [2.75, 3.05) is 0 Å². The third-order valence-corrected chi connectivity index (χ3v) is 2.18. The summed E-state index contributed by atoms with van der Waals surface area (Å²) in [5.74, 6) is -0.691. The number of hydrogen-bond acceptors (Lipinski definition) is 3. The molecule has 0 aromatic heterocycles. The molecule has 0 aromatic carbocycles. The van der Waals surface area contributed by atoms with Gasteiger partial charge < -0.3 is 15.2 Å². The third kappa shape index (κ3) is 8.54. The first-order valence-electron chi connectivity index (χ1n) is 5.83. The minimum Gasteiger partial charge on any atom is -0.481 e. The van der Waals surface area contributed by atoms with E-state index in [1.807, 2.05) is 13.8 Å². The summed E-state index contributed by atoms with van der Waals surface area (Å²) in [7, 11) is 0. The molecule has 100 valence electrons. The molecule has 17 heavy (non-hydrogen) atoms. The fourth-order valence-electron chi connectivity index (χ4n) is 1.31. The molecule has 0 bridgehead atoms. The summed E-state index contributed by atoms with van der Waals surface area (Å²) in [6, 6.07) is -0.180. The van der Waals surface area contributed by atoms with E-state index in [1.165, 1.54) is 0 Å². The summed E-state index contributed by atoms with van der Waals surface area (Å²) in [5, 5.41) is 11.3. The summed E-state index contributed by atoms with van der Waals surface area (Å²) in [4.78, 5) is 22.0. The molecule has 5 heteroatoms. The predicted octanol–water partition coefficient (Wildman–Crippen LogP) is 2.40. The smallest absolute Gasteiger partial charge is 0.407 e. The van der Waals surface area contributed by atoms with Crippen LogP contribution in [0.4, 0.5) is 4.79 Å². The summed E-state index contributed by atoms with van der Waals surface area (Å²) < 4.78 is 5.13. The van der Waals surface area contributed by atoms with Crippen molar-refractivity contribution >= 4 is 12.1 Å². The second kappa shape index (κ2) is 6.47. The lowest BCUT2D eigenvalue weighted by Crippen LogP contribution is -2.42. The highest BCUT2D eigenvalue weighted by Gasteiger charge is 2.21. The number of carbonyl (C=O) groups is 2. The van der Waals surface area contributed by atoms with Crippen molar-refractivity contribution in [2.24, 2.45) is 5.92 Å². The van der Waals surface area contributed by atoms with E-state index in [0.29, 0.717) is 6.42 Å². The molecule has 0 aromatic rings. The SMILES string of the molecule is CC(C)[C@@H](CCC(=O)O)NC(=O)OC(C)(C)C. The van der Waals surface area contributed by atoms with Crippen molar-refractivity contribution < 1.29 is 19.4 Å². The van der Waals surface area contributed by atoms with Gasteiger partial charge in [0.2, 0.25) is 0 Å². The van der Waals surface area contributed by atoms with Gasteiger partial charge in [-0.3, -0.25) is 4.79 Å². The Kier molecular flexibility index (Phi) is 5.99. The molecule has 0 fully saturated rings. The molecule has 0 rings (SSSR count). The average Bonchev–Trinajstić information content (AvgIpc) is 2.08. The van der Waals surface area contributed by atoms with Crippen LogP contribution in [0.25, 0.3) is 0 Å². The molecule has 0 aliphatic rings.